The number of ether oxygens (including phenoxy) is 4. The fourth-order valence-corrected chi connectivity index (χ4v) is 4.81. The second-order valence-electron chi connectivity index (χ2n) is 9.85. The van der Waals surface area contributed by atoms with Gasteiger partial charge in [0.15, 0.2) is 18.1 Å². The maximum Gasteiger partial charge on any atom is 0.258 e. The lowest BCUT2D eigenvalue weighted by Gasteiger charge is -2.39. The van der Waals surface area contributed by atoms with Gasteiger partial charge in [0, 0.05) is 31.6 Å². The number of amides is 3. The first-order valence-corrected chi connectivity index (χ1v) is 13.6. The van der Waals surface area contributed by atoms with Crippen LogP contribution in [0.25, 0.3) is 0 Å². The SMILES string of the molecule is COc1ccc2cc1OCC(=O)NCc1ccc(cc1)O[C@@H]1CCN(C(=O)CCOc3ccccc3)C[C@@H]1NC2=O. The van der Waals surface area contributed by atoms with Crippen LogP contribution in [0.5, 0.6) is 23.0 Å². The van der Waals surface area contributed by atoms with E-state index in [9.17, 15) is 14.4 Å². The van der Waals surface area contributed by atoms with Crippen LogP contribution in [0, 0.1) is 0 Å². The van der Waals surface area contributed by atoms with Crippen molar-refractivity contribution < 1.29 is 33.3 Å². The molecule has 0 spiro atoms. The molecule has 3 aromatic carbocycles. The molecule has 0 radical (unpaired) electrons. The number of benzene rings is 3. The summed E-state index contributed by atoms with van der Waals surface area (Å²) in [4.78, 5) is 40.6. The standard InChI is InChI=1S/C31H33N3O7/c1-38-27-12-9-22-17-28(27)40-20-29(35)32-18-21-7-10-24(11-8-21)41-26-13-15-34(19-25(26)33-31(22)37)30(36)14-16-39-23-5-3-2-4-6-23/h2-12,17,25-26H,13-16,18-20H2,1H3,(H,32,35)(H,33,37)/t25-,26+/m0/s1. The number of hydrogen-bond donors (Lipinski definition) is 2. The summed E-state index contributed by atoms with van der Waals surface area (Å²) in [5, 5.41) is 5.88. The van der Waals surface area contributed by atoms with E-state index in [0.717, 1.165) is 5.56 Å². The summed E-state index contributed by atoms with van der Waals surface area (Å²) in [7, 11) is 1.49. The summed E-state index contributed by atoms with van der Waals surface area (Å²) in [5.41, 5.74) is 1.23. The largest absolute Gasteiger partial charge is 0.493 e. The normalized spacial score (nSPS) is 19.0. The molecule has 6 rings (SSSR count). The number of nitrogens with zero attached hydrogens (tertiary/aromatic N) is 1. The number of hydrogen-bond acceptors (Lipinski definition) is 7. The average Bonchev–Trinajstić information content (AvgIpc) is 3.00. The molecule has 4 bridgehead atoms. The molecule has 2 atom stereocenters. The second kappa shape index (κ2) is 13.1. The number of likely N-dealkylation sites (tertiary alicyclic amines) is 1. The van der Waals surface area contributed by atoms with Crippen LogP contribution < -0.4 is 29.6 Å². The first-order valence-electron chi connectivity index (χ1n) is 13.6. The van der Waals surface area contributed by atoms with Gasteiger partial charge in [0.1, 0.15) is 17.6 Å². The summed E-state index contributed by atoms with van der Waals surface area (Å²) < 4.78 is 23.1. The Kier molecular flexibility index (Phi) is 8.88. The van der Waals surface area contributed by atoms with Crippen molar-refractivity contribution in [3.8, 4) is 23.0 Å². The molecule has 0 aromatic heterocycles. The van der Waals surface area contributed by atoms with E-state index in [-0.39, 0.29) is 55.8 Å². The van der Waals surface area contributed by atoms with E-state index in [1.54, 1.807) is 23.1 Å². The van der Waals surface area contributed by atoms with Crippen molar-refractivity contribution in [2.45, 2.75) is 31.5 Å². The molecule has 0 saturated carbocycles. The van der Waals surface area contributed by atoms with Gasteiger partial charge in [-0.2, -0.15) is 0 Å². The van der Waals surface area contributed by atoms with Crippen LogP contribution in [-0.4, -0.2) is 68.2 Å². The Balaban J connectivity index is 1.34. The maximum absolute atomic E-state index is 13.4. The molecule has 0 aliphatic carbocycles. The fraction of sp³-hybridized carbons (Fsp3) is 0.323. The van der Waals surface area contributed by atoms with E-state index in [1.807, 2.05) is 54.6 Å². The highest BCUT2D eigenvalue weighted by Crippen LogP contribution is 2.29. The van der Waals surface area contributed by atoms with Gasteiger partial charge in [-0.05, 0) is 48.0 Å². The summed E-state index contributed by atoms with van der Waals surface area (Å²) >= 11 is 0. The van der Waals surface area contributed by atoms with Crippen molar-refractivity contribution in [3.05, 3.63) is 83.9 Å². The number of carbonyl (C=O) groups excluding carboxylic acids is 3. The lowest BCUT2D eigenvalue weighted by Crippen LogP contribution is -2.58. The summed E-state index contributed by atoms with van der Waals surface area (Å²) in [5.74, 6) is 1.30. The van der Waals surface area contributed by atoms with Gasteiger partial charge >= 0.3 is 0 Å². The van der Waals surface area contributed by atoms with Crippen LogP contribution in [0.4, 0.5) is 0 Å². The zero-order valence-corrected chi connectivity index (χ0v) is 22.8. The molecule has 0 unspecified atom stereocenters. The Morgan fingerprint density at radius 2 is 1.85 bits per heavy atom. The van der Waals surface area contributed by atoms with Gasteiger partial charge in [-0.1, -0.05) is 30.3 Å². The van der Waals surface area contributed by atoms with E-state index in [2.05, 4.69) is 10.6 Å². The number of rotatable bonds is 5. The molecule has 3 aromatic rings. The Labute approximate surface area is 238 Å². The van der Waals surface area contributed by atoms with Crippen LogP contribution in [0.1, 0.15) is 28.8 Å². The first-order chi connectivity index (χ1) is 20.0. The van der Waals surface area contributed by atoms with Crippen molar-refractivity contribution in [3.63, 3.8) is 0 Å². The summed E-state index contributed by atoms with van der Waals surface area (Å²) in [6, 6.07) is 21.1. The minimum Gasteiger partial charge on any atom is -0.493 e. The molecule has 1 fully saturated rings. The second-order valence-corrected chi connectivity index (χ2v) is 9.85. The van der Waals surface area contributed by atoms with Crippen LogP contribution in [-0.2, 0) is 16.1 Å². The zero-order chi connectivity index (χ0) is 28.6. The average molecular weight is 560 g/mol. The lowest BCUT2D eigenvalue weighted by molar-refractivity contribution is -0.134. The van der Waals surface area contributed by atoms with Gasteiger partial charge in [-0.25, -0.2) is 0 Å². The fourth-order valence-electron chi connectivity index (χ4n) is 4.81. The summed E-state index contributed by atoms with van der Waals surface area (Å²) in [6.07, 6.45) is 0.387. The minimum atomic E-state index is -0.472. The van der Waals surface area contributed by atoms with Crippen molar-refractivity contribution in [1.29, 1.82) is 0 Å². The monoisotopic (exact) mass is 559 g/mol. The van der Waals surface area contributed by atoms with Crippen molar-refractivity contribution >= 4 is 17.7 Å². The highest BCUT2D eigenvalue weighted by molar-refractivity contribution is 5.95. The third kappa shape index (κ3) is 7.27. The quantitative estimate of drug-likeness (QED) is 0.494. The van der Waals surface area contributed by atoms with Gasteiger partial charge in [0.25, 0.3) is 11.8 Å². The number of piperidine rings is 1. The first kappa shape index (κ1) is 27.8. The van der Waals surface area contributed by atoms with E-state index in [4.69, 9.17) is 18.9 Å². The molecular weight excluding hydrogens is 526 g/mol. The Bertz CT molecular complexity index is 1360. The Hall–Kier alpha value is -4.73. The molecule has 3 heterocycles. The van der Waals surface area contributed by atoms with Crippen molar-refractivity contribution in [2.75, 3.05) is 33.4 Å². The molecule has 214 valence electrons. The van der Waals surface area contributed by atoms with Gasteiger partial charge in [-0.15, -0.1) is 0 Å². The molecule has 10 nitrogen and oxygen atoms in total. The highest BCUT2D eigenvalue weighted by Gasteiger charge is 2.34. The van der Waals surface area contributed by atoms with Gasteiger partial charge in [0.2, 0.25) is 5.91 Å². The van der Waals surface area contributed by atoms with Crippen molar-refractivity contribution in [2.24, 2.45) is 0 Å². The maximum atomic E-state index is 13.4. The van der Waals surface area contributed by atoms with Gasteiger partial charge in [0.05, 0.1) is 26.2 Å². The highest BCUT2D eigenvalue weighted by atomic mass is 16.5. The molecule has 10 heteroatoms. The number of para-hydroxylation sites is 1. The van der Waals surface area contributed by atoms with Gasteiger partial charge < -0.3 is 34.5 Å². The Morgan fingerprint density at radius 3 is 2.63 bits per heavy atom. The lowest BCUT2D eigenvalue weighted by atomic mass is 10.0. The van der Waals surface area contributed by atoms with E-state index < -0.39 is 6.04 Å². The van der Waals surface area contributed by atoms with Crippen LogP contribution in [0.2, 0.25) is 0 Å². The molecule has 41 heavy (non-hydrogen) atoms. The molecule has 3 amide bonds. The van der Waals surface area contributed by atoms with Crippen LogP contribution in [0.3, 0.4) is 0 Å². The predicted molar refractivity (Wildman–Crippen MR) is 150 cm³/mol. The van der Waals surface area contributed by atoms with Crippen LogP contribution >= 0.6 is 0 Å². The number of carbonyl (C=O) groups is 3. The molecule has 3 aliphatic heterocycles. The molecular formula is C31H33N3O7. The summed E-state index contributed by atoms with van der Waals surface area (Å²) in [6.45, 7) is 1.13. The third-order valence-corrected chi connectivity index (χ3v) is 7.03. The Morgan fingerprint density at radius 1 is 1.05 bits per heavy atom. The zero-order valence-electron chi connectivity index (χ0n) is 22.8. The topological polar surface area (TPSA) is 115 Å². The number of fused-ring (bicyclic) bond motifs is 7. The van der Waals surface area contributed by atoms with Crippen molar-refractivity contribution in [1.82, 2.24) is 15.5 Å². The van der Waals surface area contributed by atoms with E-state index in [1.165, 1.54) is 7.11 Å². The number of methoxy groups -OCH3 is 1. The third-order valence-electron chi connectivity index (χ3n) is 7.03. The molecule has 3 aliphatic rings. The van der Waals surface area contributed by atoms with E-state index in [0.29, 0.717) is 42.3 Å². The van der Waals surface area contributed by atoms with Crippen LogP contribution in [0.15, 0.2) is 72.8 Å². The number of nitrogens with one attached hydrogen (secondary N) is 2. The smallest absolute Gasteiger partial charge is 0.258 e. The van der Waals surface area contributed by atoms with E-state index >= 15 is 0 Å². The molecule has 1 saturated heterocycles. The minimum absolute atomic E-state index is 0.0568. The predicted octanol–water partition coefficient (Wildman–Crippen LogP) is 2.95. The molecule has 2 N–H and O–H groups in total. The van der Waals surface area contributed by atoms with Gasteiger partial charge in [-0.3, -0.25) is 14.4 Å².